The van der Waals surface area contributed by atoms with Gasteiger partial charge in [-0.2, -0.15) is 4.68 Å². The Balaban J connectivity index is 1.81. The Kier molecular flexibility index (Phi) is 4.85. The first kappa shape index (κ1) is 15.5. The van der Waals surface area contributed by atoms with Gasteiger partial charge in [0.2, 0.25) is 0 Å². The van der Waals surface area contributed by atoms with Crippen molar-refractivity contribution in [2.24, 2.45) is 0 Å². The number of hydrogen-bond acceptors (Lipinski definition) is 4. The van der Waals surface area contributed by atoms with Crippen LogP contribution in [0.1, 0.15) is 5.56 Å². The van der Waals surface area contributed by atoms with Gasteiger partial charge in [0.15, 0.2) is 5.65 Å². The number of fused-ring (bicyclic) bond motifs is 1. The van der Waals surface area contributed by atoms with Crippen molar-refractivity contribution in [1.29, 1.82) is 0 Å². The maximum atomic E-state index is 12.4. The lowest BCUT2D eigenvalue weighted by Gasteiger charge is -2.21. The van der Waals surface area contributed by atoms with E-state index in [9.17, 15) is 4.79 Å². The van der Waals surface area contributed by atoms with E-state index in [0.717, 1.165) is 13.1 Å². The lowest BCUT2D eigenvalue weighted by Crippen LogP contribution is -2.34. The topological polar surface area (TPSA) is 51.8 Å². The molecule has 0 saturated carbocycles. The summed E-state index contributed by atoms with van der Waals surface area (Å²) in [6.07, 6.45) is 1.73. The summed E-state index contributed by atoms with van der Waals surface area (Å²) in [6.45, 7) is 2.50. The number of ether oxygens (including phenoxy) is 1. The van der Waals surface area contributed by atoms with E-state index >= 15 is 0 Å². The summed E-state index contributed by atoms with van der Waals surface area (Å²) in [5, 5.41) is 4.39. The molecule has 0 amide bonds. The Hall–Kier alpha value is -2.44. The van der Waals surface area contributed by atoms with E-state index in [2.05, 4.69) is 22.1 Å². The molecule has 0 aliphatic carbocycles. The van der Waals surface area contributed by atoms with Gasteiger partial charge in [0, 0.05) is 26.4 Å². The van der Waals surface area contributed by atoms with Gasteiger partial charge < -0.3 is 4.74 Å². The fourth-order valence-electron chi connectivity index (χ4n) is 2.51. The number of nitrogens with zero attached hydrogens (tertiary/aromatic N) is 4. The molecule has 2 aromatic heterocycles. The highest BCUT2D eigenvalue weighted by atomic mass is 16.5. The molecular weight excluding hydrogens is 292 g/mol. The van der Waals surface area contributed by atoms with E-state index in [1.165, 1.54) is 10.2 Å². The predicted octanol–water partition coefficient (Wildman–Crippen LogP) is 1.60. The van der Waals surface area contributed by atoms with E-state index in [1.54, 1.807) is 17.7 Å². The molecule has 0 spiro atoms. The number of benzene rings is 1. The molecule has 0 fully saturated rings. The largest absolute Gasteiger partial charge is 0.383 e. The second-order valence-electron chi connectivity index (χ2n) is 5.38. The molecule has 0 radical (unpaired) electrons. The zero-order chi connectivity index (χ0) is 16.1. The van der Waals surface area contributed by atoms with Crippen molar-refractivity contribution in [2.75, 3.05) is 20.3 Å². The van der Waals surface area contributed by atoms with Gasteiger partial charge in [0.1, 0.15) is 0 Å². The lowest BCUT2D eigenvalue weighted by atomic mass is 10.2. The Bertz CT molecular complexity index is 810. The number of rotatable bonds is 7. The zero-order valence-corrected chi connectivity index (χ0v) is 13.1. The van der Waals surface area contributed by atoms with E-state index in [1.807, 2.05) is 36.4 Å². The first-order valence-electron chi connectivity index (χ1n) is 7.57. The van der Waals surface area contributed by atoms with Crippen LogP contribution in [0.4, 0.5) is 0 Å². The smallest absolute Gasteiger partial charge is 0.351 e. The Morgan fingerprint density at radius 3 is 2.65 bits per heavy atom. The first-order valence-corrected chi connectivity index (χ1v) is 7.57. The summed E-state index contributed by atoms with van der Waals surface area (Å²) >= 11 is 0. The molecule has 0 N–H and O–H groups in total. The van der Waals surface area contributed by atoms with Gasteiger partial charge in [-0.3, -0.25) is 9.30 Å². The van der Waals surface area contributed by atoms with Gasteiger partial charge in [-0.25, -0.2) is 4.79 Å². The van der Waals surface area contributed by atoms with Crippen LogP contribution in [0.2, 0.25) is 0 Å². The third-order valence-electron chi connectivity index (χ3n) is 3.68. The van der Waals surface area contributed by atoms with Crippen LogP contribution in [0.15, 0.2) is 59.5 Å². The average Bonchev–Trinajstić information content (AvgIpc) is 2.90. The van der Waals surface area contributed by atoms with Crippen LogP contribution in [-0.2, 0) is 18.0 Å². The predicted molar refractivity (Wildman–Crippen MR) is 88.2 cm³/mol. The van der Waals surface area contributed by atoms with Crippen LogP contribution in [0.5, 0.6) is 0 Å². The second-order valence-corrected chi connectivity index (χ2v) is 5.38. The number of hydrogen-bond donors (Lipinski definition) is 0. The van der Waals surface area contributed by atoms with Crippen molar-refractivity contribution >= 4 is 5.65 Å². The highest BCUT2D eigenvalue weighted by Gasteiger charge is 2.11. The molecule has 0 atom stereocenters. The quantitative estimate of drug-likeness (QED) is 0.665. The molecular formula is C17H20N4O2. The highest BCUT2D eigenvalue weighted by molar-refractivity contribution is 5.35. The summed E-state index contributed by atoms with van der Waals surface area (Å²) in [7, 11) is 1.68. The fourth-order valence-corrected chi connectivity index (χ4v) is 2.51. The van der Waals surface area contributed by atoms with E-state index in [-0.39, 0.29) is 5.69 Å². The van der Waals surface area contributed by atoms with Crippen LogP contribution in [0.25, 0.3) is 5.65 Å². The molecule has 1 aromatic carbocycles. The number of aromatic nitrogens is 3. The van der Waals surface area contributed by atoms with Crippen molar-refractivity contribution in [3.8, 4) is 0 Å². The molecule has 3 rings (SSSR count). The minimum absolute atomic E-state index is 0.129. The van der Waals surface area contributed by atoms with E-state index in [4.69, 9.17) is 4.74 Å². The molecule has 6 nitrogen and oxygen atoms in total. The monoisotopic (exact) mass is 312 g/mol. The summed E-state index contributed by atoms with van der Waals surface area (Å²) in [5.41, 5.74) is 1.72. The lowest BCUT2D eigenvalue weighted by molar-refractivity contribution is 0.119. The molecule has 0 unspecified atom stereocenters. The third kappa shape index (κ3) is 3.67. The highest BCUT2D eigenvalue weighted by Crippen LogP contribution is 2.05. The molecule has 0 saturated heterocycles. The van der Waals surface area contributed by atoms with E-state index in [0.29, 0.717) is 18.9 Å². The first-order chi connectivity index (χ1) is 11.3. The number of methoxy groups -OCH3 is 1. The van der Waals surface area contributed by atoms with Gasteiger partial charge >= 0.3 is 5.69 Å². The van der Waals surface area contributed by atoms with Gasteiger partial charge in [-0.1, -0.05) is 36.4 Å². The van der Waals surface area contributed by atoms with Crippen LogP contribution >= 0.6 is 0 Å². The normalized spacial score (nSPS) is 11.4. The Labute approximate surface area is 134 Å². The van der Waals surface area contributed by atoms with Crippen LogP contribution in [0, 0.1) is 0 Å². The summed E-state index contributed by atoms with van der Waals surface area (Å²) < 4.78 is 8.23. The molecule has 3 aromatic rings. The average molecular weight is 312 g/mol. The molecule has 0 aliphatic heterocycles. The summed E-state index contributed by atoms with van der Waals surface area (Å²) in [5.74, 6) is 0. The van der Waals surface area contributed by atoms with Crippen molar-refractivity contribution in [3.05, 3.63) is 70.8 Å². The van der Waals surface area contributed by atoms with Crippen LogP contribution < -0.4 is 5.69 Å². The minimum Gasteiger partial charge on any atom is -0.383 e. The maximum absolute atomic E-state index is 12.4. The fraction of sp³-hybridized carbons (Fsp3) is 0.294. The molecule has 2 heterocycles. The van der Waals surface area contributed by atoms with Gasteiger partial charge in [0.05, 0.1) is 13.3 Å². The molecule has 6 heteroatoms. The Morgan fingerprint density at radius 2 is 1.91 bits per heavy atom. The Morgan fingerprint density at radius 1 is 1.13 bits per heavy atom. The molecule has 0 bridgehead atoms. The third-order valence-corrected chi connectivity index (χ3v) is 3.68. The summed E-state index contributed by atoms with van der Waals surface area (Å²) in [6, 6.07) is 15.7. The standard InChI is InChI=1S/C17H20N4O2/c1-23-12-11-19(13-15-7-3-2-4-8-15)14-21-17(22)20-10-6-5-9-16(20)18-21/h2-10H,11-14H2,1H3. The SMILES string of the molecule is COCCN(Cc1ccccc1)Cn1nc2ccccn2c1=O. The van der Waals surface area contributed by atoms with Crippen molar-refractivity contribution in [2.45, 2.75) is 13.2 Å². The molecule has 0 aliphatic rings. The van der Waals surface area contributed by atoms with Crippen molar-refractivity contribution in [3.63, 3.8) is 0 Å². The maximum Gasteiger partial charge on any atom is 0.351 e. The van der Waals surface area contributed by atoms with Gasteiger partial charge in [0.25, 0.3) is 0 Å². The minimum atomic E-state index is -0.129. The zero-order valence-electron chi connectivity index (χ0n) is 13.1. The van der Waals surface area contributed by atoms with Crippen LogP contribution in [0.3, 0.4) is 0 Å². The molecule has 23 heavy (non-hydrogen) atoms. The van der Waals surface area contributed by atoms with Crippen molar-refractivity contribution in [1.82, 2.24) is 19.1 Å². The van der Waals surface area contributed by atoms with E-state index < -0.39 is 0 Å². The summed E-state index contributed by atoms with van der Waals surface area (Å²) in [4.78, 5) is 14.5. The van der Waals surface area contributed by atoms with Gasteiger partial charge in [-0.05, 0) is 17.7 Å². The van der Waals surface area contributed by atoms with Crippen LogP contribution in [-0.4, -0.2) is 39.3 Å². The second kappa shape index (κ2) is 7.21. The molecule has 120 valence electrons. The van der Waals surface area contributed by atoms with Crippen molar-refractivity contribution < 1.29 is 4.74 Å². The number of pyridine rings is 1. The van der Waals surface area contributed by atoms with Gasteiger partial charge in [-0.15, -0.1) is 5.10 Å².